The number of sulfone groups is 1. The summed E-state index contributed by atoms with van der Waals surface area (Å²) in [7, 11) is -3.16. The Kier molecular flexibility index (Phi) is 6.82. The first-order valence-electron chi connectivity index (χ1n) is 5.23. The van der Waals surface area contributed by atoms with Gasteiger partial charge >= 0.3 is 12.0 Å². The van der Waals surface area contributed by atoms with Gasteiger partial charge in [0, 0.05) is 18.7 Å². The first-order chi connectivity index (χ1) is 8.32. The van der Waals surface area contributed by atoms with Crippen LogP contribution in [0.3, 0.4) is 0 Å². The molecule has 2 amide bonds. The number of aliphatic carboxylic acids is 1. The fourth-order valence-electron chi connectivity index (χ4n) is 0.992. The molecule has 0 aliphatic rings. The number of carbonyl (C=O) groups is 2. The van der Waals surface area contributed by atoms with E-state index >= 15 is 0 Å². The van der Waals surface area contributed by atoms with Crippen molar-refractivity contribution in [2.24, 2.45) is 0 Å². The topological polar surface area (TPSA) is 113 Å². The van der Waals surface area contributed by atoms with E-state index in [1.807, 2.05) is 0 Å². The number of carboxylic acid groups (broad SMARTS) is 1. The minimum atomic E-state index is -3.16. The van der Waals surface area contributed by atoms with Gasteiger partial charge in [0.1, 0.15) is 6.04 Å². The Labute approximate surface area is 106 Å². The van der Waals surface area contributed by atoms with E-state index in [-0.39, 0.29) is 24.5 Å². The van der Waals surface area contributed by atoms with Gasteiger partial charge in [0.05, 0.1) is 5.75 Å². The monoisotopic (exact) mass is 276 g/mol. The van der Waals surface area contributed by atoms with Gasteiger partial charge in [-0.15, -0.1) is 12.3 Å². The Hall–Kier alpha value is -1.75. The van der Waals surface area contributed by atoms with Crippen LogP contribution in [0.25, 0.3) is 0 Å². The van der Waals surface area contributed by atoms with E-state index < -0.39 is 27.9 Å². The summed E-state index contributed by atoms with van der Waals surface area (Å²) >= 11 is 0. The zero-order valence-electron chi connectivity index (χ0n) is 9.97. The molecule has 0 aromatic heterocycles. The van der Waals surface area contributed by atoms with Crippen LogP contribution in [0.2, 0.25) is 0 Å². The molecule has 0 spiro atoms. The van der Waals surface area contributed by atoms with Crippen molar-refractivity contribution in [1.82, 2.24) is 10.6 Å². The third kappa shape index (κ3) is 6.75. The van der Waals surface area contributed by atoms with Crippen LogP contribution < -0.4 is 10.6 Å². The highest BCUT2D eigenvalue weighted by Crippen LogP contribution is 1.91. The van der Waals surface area contributed by atoms with Crippen LogP contribution in [0.1, 0.15) is 13.3 Å². The van der Waals surface area contributed by atoms with Gasteiger partial charge in [-0.2, -0.15) is 0 Å². The fourth-order valence-corrected chi connectivity index (χ4v) is 1.69. The smallest absolute Gasteiger partial charge is 0.327 e. The second-order valence-corrected chi connectivity index (χ2v) is 5.91. The third-order valence-corrected chi connectivity index (χ3v) is 3.77. The van der Waals surface area contributed by atoms with Crippen LogP contribution in [-0.2, 0) is 14.6 Å². The quantitative estimate of drug-likeness (QED) is 0.527. The summed E-state index contributed by atoms with van der Waals surface area (Å²) in [5.74, 6) is 0.679. The molecule has 0 rings (SSSR count). The van der Waals surface area contributed by atoms with Gasteiger partial charge in [-0.3, -0.25) is 0 Å². The average molecular weight is 276 g/mol. The molecule has 0 radical (unpaired) electrons. The van der Waals surface area contributed by atoms with Crippen LogP contribution in [0.5, 0.6) is 0 Å². The van der Waals surface area contributed by atoms with Gasteiger partial charge in [0.25, 0.3) is 0 Å². The van der Waals surface area contributed by atoms with Crippen molar-refractivity contribution in [3.05, 3.63) is 0 Å². The maximum atomic E-state index is 11.3. The van der Waals surface area contributed by atoms with Crippen LogP contribution in [-0.4, -0.2) is 49.6 Å². The number of carbonyl (C=O) groups excluding carboxylic acids is 1. The predicted octanol–water partition coefficient (Wildman–Crippen LogP) is -0.803. The highest BCUT2D eigenvalue weighted by Gasteiger charge is 2.18. The predicted molar refractivity (Wildman–Crippen MR) is 65.7 cm³/mol. The molecule has 0 saturated heterocycles. The van der Waals surface area contributed by atoms with Crippen molar-refractivity contribution in [3.8, 4) is 12.3 Å². The average Bonchev–Trinajstić information content (AvgIpc) is 2.28. The lowest BCUT2D eigenvalue weighted by atomic mass is 10.2. The Balaban J connectivity index is 4.12. The van der Waals surface area contributed by atoms with Crippen molar-refractivity contribution in [1.29, 1.82) is 0 Å². The molecule has 0 fully saturated rings. The van der Waals surface area contributed by atoms with Gasteiger partial charge < -0.3 is 15.7 Å². The van der Waals surface area contributed by atoms with Gasteiger partial charge in [-0.25, -0.2) is 18.0 Å². The number of nitrogens with one attached hydrogen (secondary N) is 2. The molecule has 8 heteroatoms. The molecule has 3 N–H and O–H groups in total. The molecule has 0 bridgehead atoms. The van der Waals surface area contributed by atoms with Gasteiger partial charge in [0.2, 0.25) is 0 Å². The molecule has 0 aliphatic heterocycles. The number of rotatable bonds is 7. The van der Waals surface area contributed by atoms with E-state index in [0.29, 0.717) is 0 Å². The van der Waals surface area contributed by atoms with Crippen LogP contribution >= 0.6 is 0 Å². The number of urea groups is 1. The van der Waals surface area contributed by atoms with Crippen molar-refractivity contribution in [2.45, 2.75) is 19.4 Å². The second kappa shape index (κ2) is 7.55. The maximum Gasteiger partial charge on any atom is 0.327 e. The minimum Gasteiger partial charge on any atom is -0.480 e. The fraction of sp³-hybridized carbons (Fsp3) is 0.600. The molecule has 1 unspecified atom stereocenters. The Morgan fingerprint density at radius 1 is 1.44 bits per heavy atom. The van der Waals surface area contributed by atoms with Gasteiger partial charge in [-0.05, 0) is 0 Å². The van der Waals surface area contributed by atoms with Crippen molar-refractivity contribution in [3.63, 3.8) is 0 Å². The lowest BCUT2D eigenvalue weighted by Crippen LogP contribution is -2.46. The van der Waals surface area contributed by atoms with E-state index in [0.717, 1.165) is 0 Å². The SMILES string of the molecule is C#CCC(NC(=O)NCCS(=O)(=O)CC)C(=O)O. The van der Waals surface area contributed by atoms with E-state index in [1.165, 1.54) is 6.92 Å². The summed E-state index contributed by atoms with van der Waals surface area (Å²) in [5.41, 5.74) is 0. The van der Waals surface area contributed by atoms with Crippen LogP contribution in [0.4, 0.5) is 4.79 Å². The van der Waals surface area contributed by atoms with Crippen LogP contribution in [0.15, 0.2) is 0 Å². The Bertz CT molecular complexity index is 438. The molecule has 1 atom stereocenters. The van der Waals surface area contributed by atoms with Crippen molar-refractivity contribution >= 4 is 21.8 Å². The molecule has 102 valence electrons. The van der Waals surface area contributed by atoms with E-state index in [2.05, 4.69) is 16.6 Å². The normalized spacial score (nSPS) is 12.2. The largest absolute Gasteiger partial charge is 0.480 e. The molecule has 0 aromatic rings. The first-order valence-corrected chi connectivity index (χ1v) is 7.05. The van der Waals surface area contributed by atoms with Crippen LogP contribution in [0, 0.1) is 12.3 Å². The van der Waals surface area contributed by atoms with E-state index in [9.17, 15) is 18.0 Å². The zero-order valence-corrected chi connectivity index (χ0v) is 10.8. The van der Waals surface area contributed by atoms with Crippen molar-refractivity contribution < 1.29 is 23.1 Å². The molecular weight excluding hydrogens is 260 g/mol. The number of amides is 2. The summed E-state index contributed by atoms with van der Waals surface area (Å²) in [6.45, 7) is 1.42. The molecule has 7 nitrogen and oxygen atoms in total. The first kappa shape index (κ1) is 16.2. The van der Waals surface area contributed by atoms with Gasteiger partial charge in [-0.1, -0.05) is 6.92 Å². The second-order valence-electron chi connectivity index (χ2n) is 3.44. The molecule has 18 heavy (non-hydrogen) atoms. The number of carboxylic acids is 1. The van der Waals surface area contributed by atoms with E-state index in [1.54, 1.807) is 0 Å². The molecular formula is C10H16N2O5S. The molecule has 0 saturated carbocycles. The summed E-state index contributed by atoms with van der Waals surface area (Å²) in [6.07, 6.45) is 4.81. The summed E-state index contributed by atoms with van der Waals surface area (Å²) < 4.78 is 22.2. The molecule has 0 aliphatic carbocycles. The maximum absolute atomic E-state index is 11.3. The molecule has 0 heterocycles. The van der Waals surface area contributed by atoms with Crippen molar-refractivity contribution in [2.75, 3.05) is 18.1 Å². The number of hydrogen-bond acceptors (Lipinski definition) is 4. The zero-order chi connectivity index (χ0) is 14.2. The molecule has 0 aromatic carbocycles. The van der Waals surface area contributed by atoms with E-state index in [4.69, 9.17) is 11.5 Å². The minimum absolute atomic E-state index is 0.00879. The lowest BCUT2D eigenvalue weighted by molar-refractivity contribution is -0.139. The highest BCUT2D eigenvalue weighted by atomic mass is 32.2. The van der Waals surface area contributed by atoms with Gasteiger partial charge in [0.15, 0.2) is 9.84 Å². The Morgan fingerprint density at radius 3 is 2.50 bits per heavy atom. The summed E-state index contributed by atoms with van der Waals surface area (Å²) in [6, 6.07) is -1.94. The number of hydrogen-bond donors (Lipinski definition) is 3. The lowest BCUT2D eigenvalue weighted by Gasteiger charge is -2.12. The standard InChI is InChI=1S/C10H16N2O5S/c1-3-5-8(9(13)14)12-10(15)11-6-7-18(16,17)4-2/h1,8H,4-7H2,2H3,(H,13,14)(H2,11,12,15). The highest BCUT2D eigenvalue weighted by molar-refractivity contribution is 7.91. The summed E-state index contributed by atoms with van der Waals surface area (Å²) in [5, 5.41) is 13.1. The number of terminal acetylenes is 1. The summed E-state index contributed by atoms with van der Waals surface area (Å²) in [4.78, 5) is 21.9. The third-order valence-electron chi connectivity index (χ3n) is 2.06. The Morgan fingerprint density at radius 2 is 2.06 bits per heavy atom.